The van der Waals surface area contributed by atoms with Crippen molar-refractivity contribution in [3.63, 3.8) is 0 Å². The number of nitro groups is 1. The molecule has 4 N–H and O–H groups in total. The second kappa shape index (κ2) is 16.3. The Balaban J connectivity index is 1.54. The quantitative estimate of drug-likeness (QED) is 0.0709. The molecule has 62 heavy (non-hydrogen) atoms. The van der Waals surface area contributed by atoms with Crippen molar-refractivity contribution in [3.8, 4) is 17.2 Å². The van der Waals surface area contributed by atoms with E-state index in [-0.39, 0.29) is 53.2 Å². The van der Waals surface area contributed by atoms with Gasteiger partial charge in [0.2, 0.25) is 12.8 Å². The van der Waals surface area contributed by atoms with Crippen molar-refractivity contribution in [2.24, 2.45) is 23.7 Å². The van der Waals surface area contributed by atoms with Crippen molar-refractivity contribution in [1.82, 2.24) is 0 Å². The Morgan fingerprint density at radius 3 is 2.31 bits per heavy atom. The molecule has 12 atom stereocenters. The molecule has 3 aliphatic carbocycles. The van der Waals surface area contributed by atoms with Gasteiger partial charge in [-0.3, -0.25) is 19.7 Å². The molecule has 4 bridgehead atoms. The van der Waals surface area contributed by atoms with Crippen LogP contribution in [0.4, 0.5) is 0 Å². The van der Waals surface area contributed by atoms with Crippen LogP contribution in [0.25, 0.3) is 6.08 Å². The fourth-order valence-corrected chi connectivity index (χ4v) is 10.9. The minimum atomic E-state index is -1.90. The molecule has 0 radical (unpaired) electrons. The number of allylic oxidation sites excluding steroid dienone is 4. The average molecular weight is 866 g/mol. The zero-order valence-electron chi connectivity index (χ0n) is 36.8. The molecule has 7 aliphatic rings. The van der Waals surface area contributed by atoms with Crippen molar-refractivity contribution < 1.29 is 68.2 Å². The number of rotatable bonds is 13. The van der Waals surface area contributed by atoms with Gasteiger partial charge < -0.3 is 48.8 Å². The molecule has 0 aromatic heterocycles. The van der Waals surface area contributed by atoms with Crippen LogP contribution in [0.5, 0.6) is 17.2 Å². The van der Waals surface area contributed by atoms with Gasteiger partial charge in [-0.1, -0.05) is 29.4 Å². The number of carbonyl (C=O) groups is 3. The number of aliphatic hydroxyl groups excluding tert-OH is 4. The van der Waals surface area contributed by atoms with Crippen LogP contribution in [0.1, 0.15) is 103 Å². The summed E-state index contributed by atoms with van der Waals surface area (Å²) in [5, 5.41) is 55.3. The highest BCUT2D eigenvalue weighted by Crippen LogP contribution is 2.72. The van der Waals surface area contributed by atoms with Crippen LogP contribution in [0.15, 0.2) is 41.0 Å². The van der Waals surface area contributed by atoms with Crippen molar-refractivity contribution in [1.29, 1.82) is 0 Å². The van der Waals surface area contributed by atoms with E-state index < -0.39 is 112 Å². The number of ketones is 2. The lowest BCUT2D eigenvalue weighted by atomic mass is 9.43. The third-order valence-corrected chi connectivity index (χ3v) is 13.8. The summed E-state index contributed by atoms with van der Waals surface area (Å²) in [5.74, 6) is -5.82. The van der Waals surface area contributed by atoms with Gasteiger partial charge in [0.25, 0.3) is 0 Å². The summed E-state index contributed by atoms with van der Waals surface area (Å²) in [4.78, 5) is 55.9. The number of nitrogens with zero attached hydrogens (tertiary/aromatic N) is 1. The van der Waals surface area contributed by atoms with Crippen LogP contribution in [0, 0.1) is 33.8 Å². The Labute approximate surface area is 360 Å². The topological polar surface area (TPSA) is 231 Å². The van der Waals surface area contributed by atoms with Gasteiger partial charge in [-0.05, 0) is 93.2 Å². The molecule has 338 valence electrons. The molecule has 0 amide bonds. The number of methoxy groups -OCH3 is 1. The molecule has 5 fully saturated rings. The third-order valence-electron chi connectivity index (χ3n) is 13.8. The Hall–Kier alpha value is -4.45. The SMILES string of the molecule is COC(=O)/C(C)=C\CC12OC(C)(C)C3CC(C1=O)C(C[N+](=O)[O-])C1C(=O)c4c(O[C@@H]5O[C@H](CO)[C@@H](O)[C@H](O)[C@H]5O)c5c(c(CC=C(C)C)c4OC132)OC(C)(CCC=C(C)C)C=C5. The number of fused-ring (bicyclic) bond motifs is 2. The lowest BCUT2D eigenvalue weighted by Gasteiger charge is -2.62. The molecular formula is C46H59NO15. The summed E-state index contributed by atoms with van der Waals surface area (Å²) in [5.41, 5.74) is -2.97. The van der Waals surface area contributed by atoms with E-state index in [4.69, 9.17) is 28.4 Å². The molecule has 3 saturated carbocycles. The van der Waals surface area contributed by atoms with Gasteiger partial charge in [0.15, 0.2) is 22.8 Å². The van der Waals surface area contributed by atoms with Crippen LogP contribution < -0.4 is 14.2 Å². The predicted octanol–water partition coefficient (Wildman–Crippen LogP) is 4.38. The smallest absolute Gasteiger partial charge is 0.333 e. The van der Waals surface area contributed by atoms with E-state index in [1.807, 2.05) is 46.8 Å². The van der Waals surface area contributed by atoms with Crippen LogP contribution in [-0.4, -0.2) is 116 Å². The van der Waals surface area contributed by atoms with E-state index in [1.165, 1.54) is 20.1 Å². The lowest BCUT2D eigenvalue weighted by Crippen LogP contribution is -2.79. The monoisotopic (exact) mass is 865 g/mol. The summed E-state index contributed by atoms with van der Waals surface area (Å²) in [6, 6.07) is 0. The van der Waals surface area contributed by atoms with Gasteiger partial charge >= 0.3 is 5.97 Å². The second-order valence-corrected chi connectivity index (χ2v) is 18.9. The number of benzene rings is 1. The van der Waals surface area contributed by atoms with E-state index in [9.17, 15) is 35.3 Å². The van der Waals surface area contributed by atoms with Crippen LogP contribution in [0.2, 0.25) is 0 Å². The zero-order valence-corrected chi connectivity index (χ0v) is 36.8. The minimum absolute atomic E-state index is 0.0126. The zero-order chi connectivity index (χ0) is 45.4. The van der Waals surface area contributed by atoms with Gasteiger partial charge in [0.05, 0.1) is 30.8 Å². The summed E-state index contributed by atoms with van der Waals surface area (Å²) < 4.78 is 38.6. The number of aliphatic hydroxyl groups is 4. The standard InChI is InChI=1S/C46H59NO15/c1-22(2)11-10-16-44(8)17-15-26-37(60-44)25(13-12-23(3)4)39-31(38(26)59-42-36(52)35(51)33(49)29(21-48)58-42)34(50)32-28(20-47(55)56)27-19-30-43(6,7)62-45(40(27)53,46(30,32)61-39)18-14-24(5)41(54)57-9/h11-12,14-15,17,27-30,32-33,35-36,42,48-49,51-52H,10,13,16,18-21H2,1-9H3/b24-14-/t27?,28?,29-,30?,32?,33-,35+,36-,42+,44?,45?,46?/m1/s1. The second-order valence-electron chi connectivity index (χ2n) is 18.9. The number of carbonyl (C=O) groups excluding carboxylic acids is 3. The van der Waals surface area contributed by atoms with Crippen molar-refractivity contribution >= 4 is 23.6 Å². The number of esters is 1. The highest BCUT2D eigenvalue weighted by molar-refractivity contribution is 6.10. The summed E-state index contributed by atoms with van der Waals surface area (Å²) in [7, 11) is 1.23. The minimum Gasteiger partial charge on any atom is -0.482 e. The summed E-state index contributed by atoms with van der Waals surface area (Å²) >= 11 is 0. The molecule has 1 aromatic carbocycles. The molecule has 4 aliphatic heterocycles. The molecule has 8 rings (SSSR count). The molecule has 7 unspecified atom stereocenters. The average Bonchev–Trinajstić information content (AvgIpc) is 3.34. The van der Waals surface area contributed by atoms with E-state index in [1.54, 1.807) is 19.9 Å². The highest BCUT2D eigenvalue weighted by atomic mass is 16.7. The van der Waals surface area contributed by atoms with Crippen molar-refractivity contribution in [3.05, 3.63) is 67.8 Å². The van der Waals surface area contributed by atoms with Crippen LogP contribution in [-0.2, 0) is 30.2 Å². The normalized spacial score (nSPS) is 36.1. The van der Waals surface area contributed by atoms with Gasteiger partial charge in [0, 0.05) is 40.2 Å². The van der Waals surface area contributed by atoms with Gasteiger partial charge in [-0.15, -0.1) is 0 Å². The fraction of sp³-hybridized carbons (Fsp3) is 0.630. The maximum Gasteiger partial charge on any atom is 0.333 e. The van der Waals surface area contributed by atoms with E-state index in [2.05, 4.69) is 6.08 Å². The van der Waals surface area contributed by atoms with Crippen LogP contribution in [0.3, 0.4) is 0 Å². The van der Waals surface area contributed by atoms with Gasteiger partial charge in [0.1, 0.15) is 52.8 Å². The van der Waals surface area contributed by atoms with Gasteiger partial charge in [-0.25, -0.2) is 4.79 Å². The Bertz CT molecular complexity index is 2160. The van der Waals surface area contributed by atoms with Crippen LogP contribution >= 0.6 is 0 Å². The predicted molar refractivity (Wildman–Crippen MR) is 222 cm³/mol. The number of hydrogen-bond donors (Lipinski definition) is 4. The first kappa shape index (κ1) is 45.6. The van der Waals surface area contributed by atoms with Crippen molar-refractivity contribution in [2.45, 2.75) is 141 Å². The fourth-order valence-electron chi connectivity index (χ4n) is 10.9. The first-order chi connectivity index (χ1) is 29.1. The maximum absolute atomic E-state index is 16.0. The maximum atomic E-state index is 16.0. The Kier molecular flexibility index (Phi) is 12.0. The largest absolute Gasteiger partial charge is 0.482 e. The summed E-state index contributed by atoms with van der Waals surface area (Å²) in [6.45, 7) is 13.4. The molecule has 2 saturated heterocycles. The number of Topliss-reactive ketones (excluding diaryl/α,β-unsaturated/α-hetero) is 2. The molecule has 16 nitrogen and oxygen atoms in total. The van der Waals surface area contributed by atoms with E-state index in [0.717, 1.165) is 11.1 Å². The summed E-state index contributed by atoms with van der Waals surface area (Å²) in [6.07, 6.45) is 1.91. The van der Waals surface area contributed by atoms with Gasteiger partial charge in [-0.2, -0.15) is 0 Å². The first-order valence-electron chi connectivity index (χ1n) is 21.3. The number of ether oxygens (including phenoxy) is 6. The highest BCUT2D eigenvalue weighted by Gasteiger charge is 2.86. The molecule has 1 spiro atoms. The molecule has 1 aromatic rings. The lowest BCUT2D eigenvalue weighted by molar-refractivity contribution is -0.494. The first-order valence-corrected chi connectivity index (χ1v) is 21.3. The van der Waals surface area contributed by atoms with Crippen molar-refractivity contribution in [2.75, 3.05) is 20.3 Å². The van der Waals surface area contributed by atoms with E-state index >= 15 is 9.59 Å². The Morgan fingerprint density at radius 2 is 1.68 bits per heavy atom. The molecule has 4 heterocycles. The van der Waals surface area contributed by atoms with E-state index in [0.29, 0.717) is 18.4 Å². The number of hydrogen-bond acceptors (Lipinski definition) is 15. The Morgan fingerprint density at radius 1 is 0.984 bits per heavy atom. The molecular weight excluding hydrogens is 806 g/mol. The molecule has 16 heteroatoms. The third kappa shape index (κ3) is 7.10.